The summed E-state index contributed by atoms with van der Waals surface area (Å²) < 4.78 is 28.5. The van der Waals surface area contributed by atoms with E-state index in [1.807, 2.05) is 0 Å². The van der Waals surface area contributed by atoms with Crippen molar-refractivity contribution in [1.82, 2.24) is 19.9 Å². The standard InChI is InChI=1S/C17H10BrF2N5/c18-8-6-10(16(21)23-7-8)17-24-12-4-5-22-14(15(12)25-17)9-2-1-3-11(19)13(9)20/h1-7H,(H2,21,23)(H,24,25). The first-order valence-electron chi connectivity index (χ1n) is 7.25. The zero-order chi connectivity index (χ0) is 17.6. The number of pyridine rings is 2. The monoisotopic (exact) mass is 401 g/mol. The van der Waals surface area contributed by atoms with E-state index in [1.54, 1.807) is 18.3 Å². The second-order valence-electron chi connectivity index (χ2n) is 5.33. The molecule has 0 fully saturated rings. The number of aromatic amines is 1. The summed E-state index contributed by atoms with van der Waals surface area (Å²) in [5.41, 5.74) is 7.85. The summed E-state index contributed by atoms with van der Waals surface area (Å²) in [5, 5.41) is 0. The molecule has 0 bridgehead atoms. The SMILES string of the molecule is Nc1ncc(Br)cc1-c1nc2c(-c3cccc(F)c3F)nccc2[nH]1. The molecule has 0 aliphatic heterocycles. The van der Waals surface area contributed by atoms with Crippen LogP contribution in [0, 0.1) is 11.6 Å². The minimum Gasteiger partial charge on any atom is -0.383 e. The van der Waals surface area contributed by atoms with Crippen molar-refractivity contribution in [3.8, 4) is 22.6 Å². The summed E-state index contributed by atoms with van der Waals surface area (Å²) in [6.45, 7) is 0. The van der Waals surface area contributed by atoms with Gasteiger partial charge >= 0.3 is 0 Å². The first-order valence-corrected chi connectivity index (χ1v) is 8.04. The highest BCUT2D eigenvalue weighted by molar-refractivity contribution is 9.10. The minimum atomic E-state index is -0.962. The molecule has 25 heavy (non-hydrogen) atoms. The maximum absolute atomic E-state index is 14.2. The fourth-order valence-electron chi connectivity index (χ4n) is 2.59. The van der Waals surface area contributed by atoms with Crippen molar-refractivity contribution in [3.63, 3.8) is 0 Å². The van der Waals surface area contributed by atoms with Gasteiger partial charge < -0.3 is 10.7 Å². The first-order chi connectivity index (χ1) is 12.0. The molecular formula is C17H10BrF2N5. The lowest BCUT2D eigenvalue weighted by molar-refractivity contribution is 0.511. The van der Waals surface area contributed by atoms with Gasteiger partial charge in [-0.3, -0.25) is 4.98 Å². The van der Waals surface area contributed by atoms with Crippen molar-refractivity contribution in [3.05, 3.63) is 58.8 Å². The molecular weight excluding hydrogens is 392 g/mol. The third kappa shape index (κ3) is 2.64. The van der Waals surface area contributed by atoms with Crippen LogP contribution in [0.25, 0.3) is 33.7 Å². The molecule has 0 spiro atoms. The van der Waals surface area contributed by atoms with E-state index in [9.17, 15) is 8.78 Å². The number of nitrogen functional groups attached to an aromatic ring is 1. The molecule has 3 aromatic heterocycles. The van der Waals surface area contributed by atoms with Gasteiger partial charge in [-0.25, -0.2) is 18.7 Å². The van der Waals surface area contributed by atoms with E-state index < -0.39 is 11.6 Å². The van der Waals surface area contributed by atoms with E-state index in [-0.39, 0.29) is 11.3 Å². The Morgan fingerprint density at radius 2 is 1.92 bits per heavy atom. The molecule has 0 aliphatic rings. The third-order valence-electron chi connectivity index (χ3n) is 3.75. The van der Waals surface area contributed by atoms with E-state index in [2.05, 4.69) is 35.9 Å². The van der Waals surface area contributed by atoms with Gasteiger partial charge in [-0.2, -0.15) is 0 Å². The molecule has 8 heteroatoms. The average molecular weight is 402 g/mol. The van der Waals surface area contributed by atoms with Crippen LogP contribution in [0.4, 0.5) is 14.6 Å². The van der Waals surface area contributed by atoms with Crippen LogP contribution >= 0.6 is 15.9 Å². The van der Waals surface area contributed by atoms with Gasteiger partial charge in [0.2, 0.25) is 0 Å². The molecule has 3 N–H and O–H groups in total. The van der Waals surface area contributed by atoms with E-state index in [4.69, 9.17) is 5.73 Å². The van der Waals surface area contributed by atoms with Gasteiger partial charge in [0.05, 0.1) is 11.1 Å². The smallest absolute Gasteiger partial charge is 0.168 e. The third-order valence-corrected chi connectivity index (χ3v) is 4.18. The van der Waals surface area contributed by atoms with Crippen LogP contribution in [0.5, 0.6) is 0 Å². The molecule has 3 heterocycles. The summed E-state index contributed by atoms with van der Waals surface area (Å²) in [5.74, 6) is -1.13. The van der Waals surface area contributed by atoms with Gasteiger partial charge in [-0.1, -0.05) is 6.07 Å². The predicted octanol–water partition coefficient (Wildman–Crippen LogP) is 4.31. The number of H-pyrrole nitrogens is 1. The Balaban J connectivity index is 1.96. The number of nitrogens with one attached hydrogen (secondary N) is 1. The van der Waals surface area contributed by atoms with Crippen molar-refractivity contribution in [2.75, 3.05) is 5.73 Å². The molecule has 0 atom stereocenters. The molecule has 0 aliphatic carbocycles. The van der Waals surface area contributed by atoms with Gasteiger partial charge in [0.25, 0.3) is 0 Å². The van der Waals surface area contributed by atoms with Crippen molar-refractivity contribution in [2.45, 2.75) is 0 Å². The second-order valence-corrected chi connectivity index (χ2v) is 6.24. The number of benzene rings is 1. The van der Waals surface area contributed by atoms with Crippen LogP contribution in [-0.2, 0) is 0 Å². The molecule has 124 valence electrons. The number of aromatic nitrogens is 4. The highest BCUT2D eigenvalue weighted by Crippen LogP contribution is 2.32. The van der Waals surface area contributed by atoms with Gasteiger partial charge in [-0.05, 0) is 40.2 Å². The fourth-order valence-corrected chi connectivity index (χ4v) is 2.92. The molecule has 1 aromatic carbocycles. The molecule has 0 amide bonds. The summed E-state index contributed by atoms with van der Waals surface area (Å²) in [6, 6.07) is 7.43. The summed E-state index contributed by atoms with van der Waals surface area (Å²) in [6.07, 6.45) is 3.09. The summed E-state index contributed by atoms with van der Waals surface area (Å²) >= 11 is 3.34. The maximum Gasteiger partial charge on any atom is 0.168 e. The fraction of sp³-hybridized carbons (Fsp3) is 0. The molecule has 5 nitrogen and oxygen atoms in total. The minimum absolute atomic E-state index is 0.0454. The van der Waals surface area contributed by atoms with Gasteiger partial charge in [-0.15, -0.1) is 0 Å². The van der Waals surface area contributed by atoms with Crippen molar-refractivity contribution >= 4 is 32.8 Å². The molecule has 0 unspecified atom stereocenters. The van der Waals surface area contributed by atoms with Crippen LogP contribution in [0.2, 0.25) is 0 Å². The Morgan fingerprint density at radius 1 is 1.08 bits per heavy atom. The number of fused-ring (bicyclic) bond motifs is 1. The van der Waals surface area contributed by atoms with Crippen molar-refractivity contribution < 1.29 is 8.78 Å². The van der Waals surface area contributed by atoms with Gasteiger partial charge in [0, 0.05) is 22.4 Å². The largest absolute Gasteiger partial charge is 0.383 e. The van der Waals surface area contributed by atoms with Crippen molar-refractivity contribution in [1.29, 1.82) is 0 Å². The average Bonchev–Trinajstić information content (AvgIpc) is 3.03. The lowest BCUT2D eigenvalue weighted by Crippen LogP contribution is -1.95. The quantitative estimate of drug-likeness (QED) is 0.524. The summed E-state index contributed by atoms with van der Waals surface area (Å²) in [7, 11) is 0. The maximum atomic E-state index is 14.2. The normalized spacial score (nSPS) is 11.2. The predicted molar refractivity (Wildman–Crippen MR) is 94.6 cm³/mol. The van der Waals surface area contributed by atoms with Gasteiger partial charge in [0.15, 0.2) is 11.6 Å². The Bertz CT molecular complexity index is 1110. The zero-order valence-electron chi connectivity index (χ0n) is 12.6. The molecule has 4 rings (SSSR count). The lowest BCUT2D eigenvalue weighted by Gasteiger charge is -2.03. The Morgan fingerprint density at radius 3 is 2.76 bits per heavy atom. The lowest BCUT2D eigenvalue weighted by atomic mass is 10.1. The number of hydrogen-bond acceptors (Lipinski definition) is 4. The Hall–Kier alpha value is -2.87. The second kappa shape index (κ2) is 5.89. The summed E-state index contributed by atoms with van der Waals surface area (Å²) in [4.78, 5) is 15.9. The van der Waals surface area contributed by atoms with E-state index in [0.717, 1.165) is 10.5 Å². The van der Waals surface area contributed by atoms with E-state index >= 15 is 0 Å². The number of hydrogen-bond donors (Lipinski definition) is 2. The molecule has 4 aromatic rings. The Labute approximate surface area is 149 Å². The van der Waals surface area contributed by atoms with Crippen LogP contribution in [0.3, 0.4) is 0 Å². The number of anilines is 1. The van der Waals surface area contributed by atoms with Crippen LogP contribution in [-0.4, -0.2) is 19.9 Å². The molecule has 0 saturated carbocycles. The number of nitrogens with two attached hydrogens (primary N) is 1. The Kier molecular flexibility index (Phi) is 3.69. The van der Waals surface area contributed by atoms with Crippen LogP contribution < -0.4 is 5.73 Å². The highest BCUT2D eigenvalue weighted by Gasteiger charge is 2.17. The molecule has 0 saturated heterocycles. The van der Waals surface area contributed by atoms with Gasteiger partial charge in [0.1, 0.15) is 22.9 Å². The first kappa shape index (κ1) is 15.6. The van der Waals surface area contributed by atoms with E-state index in [1.165, 1.54) is 18.3 Å². The number of nitrogens with zero attached hydrogens (tertiary/aromatic N) is 3. The molecule has 0 radical (unpaired) electrons. The van der Waals surface area contributed by atoms with Crippen LogP contribution in [0.1, 0.15) is 0 Å². The van der Waals surface area contributed by atoms with Crippen LogP contribution in [0.15, 0.2) is 47.2 Å². The number of imidazole rings is 1. The van der Waals surface area contributed by atoms with E-state index in [0.29, 0.717) is 28.2 Å². The zero-order valence-corrected chi connectivity index (χ0v) is 14.2. The number of rotatable bonds is 2. The van der Waals surface area contributed by atoms with Crippen molar-refractivity contribution in [2.24, 2.45) is 0 Å². The topological polar surface area (TPSA) is 80.5 Å². The number of halogens is 3. The highest BCUT2D eigenvalue weighted by atomic mass is 79.9.